The number of nitrogens with two attached hydrogens (primary N) is 1. The number of hydrogen-bond acceptors (Lipinski definition) is 2. The molecule has 0 unspecified atom stereocenters. The molecule has 3 N–H and O–H groups in total. The predicted octanol–water partition coefficient (Wildman–Crippen LogP) is 1.68. The average Bonchev–Trinajstić information content (AvgIpc) is 2.07. The lowest BCUT2D eigenvalue weighted by Crippen LogP contribution is -2.32. The SMILES string of the molecule is Cl.NCCCNC1CCCCC1. The molecule has 0 aromatic carbocycles. The van der Waals surface area contributed by atoms with Crippen molar-refractivity contribution in [2.75, 3.05) is 13.1 Å². The van der Waals surface area contributed by atoms with Crippen LogP contribution in [0, 0.1) is 0 Å². The van der Waals surface area contributed by atoms with E-state index in [1.165, 1.54) is 32.1 Å². The average molecular weight is 193 g/mol. The standard InChI is InChI=1S/C9H20N2.ClH/c10-7-4-8-11-9-5-2-1-3-6-9;/h9,11H,1-8,10H2;1H. The summed E-state index contributed by atoms with van der Waals surface area (Å²) in [5, 5.41) is 3.54. The minimum absolute atomic E-state index is 0. The number of rotatable bonds is 4. The molecule has 0 aliphatic heterocycles. The van der Waals surface area contributed by atoms with Crippen LogP contribution in [-0.2, 0) is 0 Å². The zero-order valence-electron chi connectivity index (χ0n) is 7.72. The number of halogens is 1. The van der Waals surface area contributed by atoms with Gasteiger partial charge < -0.3 is 11.1 Å². The first-order valence-electron chi connectivity index (χ1n) is 4.87. The molecule has 74 valence electrons. The van der Waals surface area contributed by atoms with Crippen molar-refractivity contribution in [3.8, 4) is 0 Å². The van der Waals surface area contributed by atoms with Crippen LogP contribution < -0.4 is 11.1 Å². The highest BCUT2D eigenvalue weighted by Crippen LogP contribution is 2.16. The highest BCUT2D eigenvalue weighted by molar-refractivity contribution is 5.85. The molecule has 0 aromatic rings. The summed E-state index contributed by atoms with van der Waals surface area (Å²) in [6, 6.07) is 0.801. The Bertz CT molecular complexity index is 92.5. The molecule has 0 heterocycles. The van der Waals surface area contributed by atoms with Crippen molar-refractivity contribution >= 4 is 12.4 Å². The molecule has 1 aliphatic rings. The second-order valence-corrected chi connectivity index (χ2v) is 3.43. The lowest BCUT2D eigenvalue weighted by atomic mass is 9.95. The minimum Gasteiger partial charge on any atom is -0.330 e. The fraction of sp³-hybridized carbons (Fsp3) is 1.00. The van der Waals surface area contributed by atoms with Gasteiger partial charge in [-0.1, -0.05) is 19.3 Å². The van der Waals surface area contributed by atoms with Gasteiger partial charge in [0.15, 0.2) is 0 Å². The molecule has 1 rings (SSSR count). The van der Waals surface area contributed by atoms with Gasteiger partial charge in [0.25, 0.3) is 0 Å². The Labute approximate surface area is 81.7 Å². The predicted molar refractivity (Wildman–Crippen MR) is 55.8 cm³/mol. The van der Waals surface area contributed by atoms with Gasteiger partial charge in [-0.2, -0.15) is 0 Å². The quantitative estimate of drug-likeness (QED) is 0.666. The summed E-state index contributed by atoms with van der Waals surface area (Å²) < 4.78 is 0. The highest BCUT2D eigenvalue weighted by atomic mass is 35.5. The summed E-state index contributed by atoms with van der Waals surface area (Å²) >= 11 is 0. The van der Waals surface area contributed by atoms with Crippen LogP contribution in [0.15, 0.2) is 0 Å². The van der Waals surface area contributed by atoms with E-state index in [-0.39, 0.29) is 12.4 Å². The van der Waals surface area contributed by atoms with Crippen LogP contribution in [0.3, 0.4) is 0 Å². The zero-order chi connectivity index (χ0) is 7.94. The molecule has 0 atom stereocenters. The molecule has 3 heteroatoms. The summed E-state index contributed by atoms with van der Waals surface area (Å²) in [5.41, 5.74) is 5.40. The maximum atomic E-state index is 5.40. The van der Waals surface area contributed by atoms with Crippen molar-refractivity contribution in [1.82, 2.24) is 5.32 Å². The van der Waals surface area contributed by atoms with Crippen LogP contribution in [0.4, 0.5) is 0 Å². The summed E-state index contributed by atoms with van der Waals surface area (Å²) in [4.78, 5) is 0. The second-order valence-electron chi connectivity index (χ2n) is 3.43. The van der Waals surface area contributed by atoms with Crippen molar-refractivity contribution < 1.29 is 0 Å². The first-order valence-corrected chi connectivity index (χ1v) is 4.87. The normalized spacial score (nSPS) is 18.8. The topological polar surface area (TPSA) is 38.0 Å². The smallest absolute Gasteiger partial charge is 0.00670 e. The van der Waals surface area contributed by atoms with Crippen LogP contribution in [0.2, 0.25) is 0 Å². The van der Waals surface area contributed by atoms with E-state index in [1.54, 1.807) is 0 Å². The summed E-state index contributed by atoms with van der Waals surface area (Å²) in [6.45, 7) is 1.93. The molecule has 0 saturated heterocycles. The Morgan fingerprint density at radius 3 is 2.42 bits per heavy atom. The molecule has 1 saturated carbocycles. The molecular weight excluding hydrogens is 172 g/mol. The molecule has 1 fully saturated rings. The number of hydrogen-bond donors (Lipinski definition) is 2. The Hall–Kier alpha value is 0.210. The summed E-state index contributed by atoms with van der Waals surface area (Å²) in [5.74, 6) is 0. The molecule has 0 spiro atoms. The third kappa shape index (κ3) is 4.96. The minimum atomic E-state index is 0. The monoisotopic (exact) mass is 192 g/mol. The summed E-state index contributed by atoms with van der Waals surface area (Å²) in [6.07, 6.45) is 8.15. The fourth-order valence-corrected chi connectivity index (χ4v) is 1.71. The molecule has 0 amide bonds. The van der Waals surface area contributed by atoms with Crippen LogP contribution in [0.25, 0.3) is 0 Å². The Morgan fingerprint density at radius 2 is 1.83 bits per heavy atom. The zero-order valence-corrected chi connectivity index (χ0v) is 8.54. The first kappa shape index (κ1) is 12.2. The van der Waals surface area contributed by atoms with Crippen molar-refractivity contribution in [3.05, 3.63) is 0 Å². The maximum absolute atomic E-state index is 5.40. The van der Waals surface area contributed by atoms with Gasteiger partial charge in [-0.25, -0.2) is 0 Å². The van der Waals surface area contributed by atoms with Crippen molar-refractivity contribution in [2.45, 2.75) is 44.6 Å². The molecule has 0 radical (unpaired) electrons. The Balaban J connectivity index is 0.00000121. The molecule has 1 aliphatic carbocycles. The van der Waals surface area contributed by atoms with E-state index in [2.05, 4.69) is 5.32 Å². The third-order valence-electron chi connectivity index (χ3n) is 2.42. The van der Waals surface area contributed by atoms with Gasteiger partial charge in [0.05, 0.1) is 0 Å². The molecule has 0 aromatic heterocycles. The fourth-order valence-electron chi connectivity index (χ4n) is 1.71. The third-order valence-corrected chi connectivity index (χ3v) is 2.42. The Kier molecular flexibility index (Phi) is 7.98. The van der Waals surface area contributed by atoms with Gasteiger partial charge >= 0.3 is 0 Å². The van der Waals surface area contributed by atoms with Crippen molar-refractivity contribution in [2.24, 2.45) is 5.73 Å². The molecule has 0 bridgehead atoms. The maximum Gasteiger partial charge on any atom is 0.00670 e. The molecular formula is C9H21ClN2. The van der Waals surface area contributed by atoms with Crippen LogP contribution in [0.1, 0.15) is 38.5 Å². The van der Waals surface area contributed by atoms with Crippen molar-refractivity contribution in [3.63, 3.8) is 0 Å². The molecule has 2 nitrogen and oxygen atoms in total. The van der Waals surface area contributed by atoms with Gasteiger partial charge in [0.1, 0.15) is 0 Å². The Morgan fingerprint density at radius 1 is 1.17 bits per heavy atom. The van der Waals surface area contributed by atoms with Crippen molar-refractivity contribution in [1.29, 1.82) is 0 Å². The lowest BCUT2D eigenvalue weighted by Gasteiger charge is -2.22. The van der Waals surface area contributed by atoms with E-state index < -0.39 is 0 Å². The summed E-state index contributed by atoms with van der Waals surface area (Å²) in [7, 11) is 0. The lowest BCUT2D eigenvalue weighted by molar-refractivity contribution is 0.373. The molecule has 12 heavy (non-hydrogen) atoms. The van der Waals surface area contributed by atoms with E-state index in [4.69, 9.17) is 5.73 Å². The first-order chi connectivity index (χ1) is 5.43. The highest BCUT2D eigenvalue weighted by Gasteiger charge is 2.11. The van der Waals surface area contributed by atoms with Crippen LogP contribution >= 0.6 is 12.4 Å². The van der Waals surface area contributed by atoms with E-state index in [0.29, 0.717) is 0 Å². The second kappa shape index (κ2) is 7.84. The van der Waals surface area contributed by atoms with E-state index >= 15 is 0 Å². The van der Waals surface area contributed by atoms with E-state index in [1.807, 2.05) is 0 Å². The number of nitrogens with one attached hydrogen (secondary N) is 1. The van der Waals surface area contributed by atoms with Gasteiger partial charge in [-0.15, -0.1) is 12.4 Å². The van der Waals surface area contributed by atoms with E-state index in [9.17, 15) is 0 Å². The van der Waals surface area contributed by atoms with Gasteiger partial charge in [-0.3, -0.25) is 0 Å². The van der Waals surface area contributed by atoms with Gasteiger partial charge in [0, 0.05) is 6.04 Å². The van der Waals surface area contributed by atoms with Gasteiger partial charge in [-0.05, 0) is 32.4 Å². The van der Waals surface area contributed by atoms with Crippen LogP contribution in [-0.4, -0.2) is 19.1 Å². The van der Waals surface area contributed by atoms with Gasteiger partial charge in [0.2, 0.25) is 0 Å². The largest absolute Gasteiger partial charge is 0.330 e. The van der Waals surface area contributed by atoms with E-state index in [0.717, 1.165) is 25.6 Å². The van der Waals surface area contributed by atoms with Crippen LogP contribution in [0.5, 0.6) is 0 Å².